The van der Waals surface area contributed by atoms with Crippen molar-refractivity contribution in [3.63, 3.8) is 0 Å². The summed E-state index contributed by atoms with van der Waals surface area (Å²) in [5.74, 6) is 0.923. The molecule has 0 aliphatic carbocycles. The van der Waals surface area contributed by atoms with Crippen LogP contribution in [-0.2, 0) is 11.4 Å². The number of nitro benzene ring substituents is 1. The van der Waals surface area contributed by atoms with E-state index in [1.807, 2.05) is 67.6 Å². The van der Waals surface area contributed by atoms with Gasteiger partial charge in [-0.25, -0.2) is 4.99 Å². The Morgan fingerprint density at radius 2 is 1.72 bits per heavy atom. The number of rotatable bonds is 10. The Morgan fingerprint density at radius 3 is 2.43 bits per heavy atom. The normalized spacial score (nSPS) is 14.3. The molecule has 10 nitrogen and oxygen atoms in total. The van der Waals surface area contributed by atoms with Gasteiger partial charge in [0.05, 0.1) is 33.4 Å². The number of anilines is 1. The Bertz CT molecular complexity index is 2150. The minimum atomic E-state index is -0.718. The maximum atomic E-state index is 14.1. The van der Waals surface area contributed by atoms with Gasteiger partial charge in [-0.05, 0) is 85.1 Å². The molecule has 1 aromatic heterocycles. The van der Waals surface area contributed by atoms with Crippen molar-refractivity contribution in [3.05, 3.63) is 161 Å². The molecule has 0 radical (unpaired) electrons. The monoisotopic (exact) mass is 646 g/mol. The average molecular weight is 647 g/mol. The third-order valence-corrected chi connectivity index (χ3v) is 8.50. The first kappa shape index (κ1) is 31.2. The van der Waals surface area contributed by atoms with E-state index in [0.29, 0.717) is 44.4 Å². The zero-order valence-electron chi connectivity index (χ0n) is 25.6. The van der Waals surface area contributed by atoms with Crippen LogP contribution in [0.25, 0.3) is 6.08 Å². The highest BCUT2D eigenvalue weighted by atomic mass is 32.1. The number of nitrogens with zero attached hydrogens (tertiary/aromatic N) is 3. The Labute approximate surface area is 273 Å². The topological polar surface area (TPSA) is 125 Å². The largest absolute Gasteiger partial charge is 0.494 e. The van der Waals surface area contributed by atoms with Crippen LogP contribution >= 0.6 is 11.3 Å². The van der Waals surface area contributed by atoms with Gasteiger partial charge in [0.1, 0.15) is 18.1 Å². The van der Waals surface area contributed by atoms with Crippen molar-refractivity contribution in [3.8, 4) is 11.5 Å². The van der Waals surface area contributed by atoms with Gasteiger partial charge in [-0.3, -0.25) is 24.3 Å². The molecule has 5 aromatic rings. The van der Waals surface area contributed by atoms with Gasteiger partial charge in [0.25, 0.3) is 17.2 Å². The summed E-state index contributed by atoms with van der Waals surface area (Å²) in [5.41, 5.74) is 3.54. The van der Waals surface area contributed by atoms with Crippen molar-refractivity contribution >= 4 is 34.7 Å². The molecule has 0 saturated heterocycles. The van der Waals surface area contributed by atoms with Crippen LogP contribution in [0.5, 0.6) is 11.5 Å². The van der Waals surface area contributed by atoms with Crippen LogP contribution in [0.3, 0.4) is 0 Å². The molecule has 11 heteroatoms. The summed E-state index contributed by atoms with van der Waals surface area (Å²) in [4.78, 5) is 43.6. The fourth-order valence-corrected chi connectivity index (χ4v) is 6.33. The fourth-order valence-electron chi connectivity index (χ4n) is 5.29. The Balaban J connectivity index is 1.35. The smallest absolute Gasteiger partial charge is 0.271 e. The Morgan fingerprint density at radius 1 is 0.979 bits per heavy atom. The zero-order valence-corrected chi connectivity index (χ0v) is 26.4. The average Bonchev–Trinajstić information content (AvgIpc) is 3.38. The second-order valence-corrected chi connectivity index (χ2v) is 11.7. The second-order valence-electron chi connectivity index (χ2n) is 10.7. The molecule has 0 spiro atoms. The van der Waals surface area contributed by atoms with Crippen LogP contribution in [0.4, 0.5) is 11.4 Å². The van der Waals surface area contributed by atoms with Gasteiger partial charge in [-0.2, -0.15) is 0 Å². The number of hydrogen-bond acceptors (Lipinski definition) is 8. The summed E-state index contributed by atoms with van der Waals surface area (Å²) in [6, 6.07) is 29.3. The molecule has 1 aliphatic rings. The lowest BCUT2D eigenvalue weighted by Crippen LogP contribution is -2.40. The van der Waals surface area contributed by atoms with E-state index in [-0.39, 0.29) is 23.8 Å². The summed E-state index contributed by atoms with van der Waals surface area (Å²) >= 11 is 1.25. The van der Waals surface area contributed by atoms with Crippen molar-refractivity contribution in [2.24, 2.45) is 4.99 Å². The molecular weight excluding hydrogens is 616 g/mol. The highest BCUT2D eigenvalue weighted by Gasteiger charge is 2.32. The molecule has 1 atom stereocenters. The summed E-state index contributed by atoms with van der Waals surface area (Å²) < 4.78 is 13.6. The lowest BCUT2D eigenvalue weighted by molar-refractivity contribution is -0.384. The number of nitrogens with one attached hydrogen (secondary N) is 1. The molecule has 4 aromatic carbocycles. The zero-order chi connectivity index (χ0) is 32.9. The van der Waals surface area contributed by atoms with Gasteiger partial charge >= 0.3 is 0 Å². The number of carbonyl (C=O) groups excluding carboxylic acids is 1. The summed E-state index contributed by atoms with van der Waals surface area (Å²) in [6.07, 6.45) is 1.78. The van der Waals surface area contributed by atoms with Crippen molar-refractivity contribution in [2.45, 2.75) is 26.5 Å². The van der Waals surface area contributed by atoms with E-state index in [1.54, 1.807) is 47.9 Å². The van der Waals surface area contributed by atoms with E-state index in [9.17, 15) is 19.7 Å². The Hall–Kier alpha value is -5.81. The molecule has 0 fully saturated rings. The van der Waals surface area contributed by atoms with Gasteiger partial charge in [0, 0.05) is 17.8 Å². The number of nitro groups is 1. The number of ether oxygens (including phenoxy) is 2. The quantitative estimate of drug-likeness (QED) is 0.152. The second kappa shape index (κ2) is 13.7. The van der Waals surface area contributed by atoms with Crippen LogP contribution in [0.2, 0.25) is 0 Å². The number of aromatic nitrogens is 1. The molecule has 1 aliphatic heterocycles. The number of fused-ring (bicyclic) bond motifs is 1. The number of carbonyl (C=O) groups is 1. The lowest BCUT2D eigenvalue weighted by Gasteiger charge is -2.25. The third kappa shape index (κ3) is 6.90. The van der Waals surface area contributed by atoms with Crippen molar-refractivity contribution in [1.29, 1.82) is 0 Å². The van der Waals surface area contributed by atoms with Gasteiger partial charge < -0.3 is 14.8 Å². The highest BCUT2D eigenvalue weighted by molar-refractivity contribution is 7.07. The molecule has 6 rings (SSSR count). The van der Waals surface area contributed by atoms with E-state index < -0.39 is 11.0 Å². The number of benzene rings is 4. The fraction of sp³-hybridized carbons (Fsp3) is 0.139. The number of para-hydroxylation sites is 1. The predicted molar refractivity (Wildman–Crippen MR) is 180 cm³/mol. The number of hydrogen-bond donors (Lipinski definition) is 1. The molecule has 0 unspecified atom stereocenters. The summed E-state index contributed by atoms with van der Waals surface area (Å²) in [7, 11) is 0. The van der Waals surface area contributed by atoms with Crippen LogP contribution < -0.4 is 29.7 Å². The van der Waals surface area contributed by atoms with Gasteiger partial charge in [-0.1, -0.05) is 53.8 Å². The maximum absolute atomic E-state index is 14.1. The predicted octanol–water partition coefficient (Wildman–Crippen LogP) is 5.76. The van der Waals surface area contributed by atoms with Gasteiger partial charge in [0.15, 0.2) is 4.80 Å². The molecule has 47 heavy (non-hydrogen) atoms. The van der Waals surface area contributed by atoms with E-state index in [4.69, 9.17) is 14.5 Å². The molecular formula is C36H30N4O6S. The van der Waals surface area contributed by atoms with E-state index in [2.05, 4.69) is 5.32 Å². The summed E-state index contributed by atoms with van der Waals surface area (Å²) in [5, 5.41) is 13.9. The van der Waals surface area contributed by atoms with Gasteiger partial charge in [0.2, 0.25) is 0 Å². The molecule has 1 N–H and O–H groups in total. The molecule has 236 valence electrons. The van der Waals surface area contributed by atoms with Crippen molar-refractivity contribution < 1.29 is 19.2 Å². The third-order valence-electron chi connectivity index (χ3n) is 7.51. The molecule has 2 heterocycles. The summed E-state index contributed by atoms with van der Waals surface area (Å²) in [6.45, 7) is 4.43. The van der Waals surface area contributed by atoms with Crippen LogP contribution in [0, 0.1) is 10.1 Å². The first-order valence-electron chi connectivity index (χ1n) is 14.9. The molecule has 0 saturated carbocycles. The molecule has 1 amide bonds. The van der Waals surface area contributed by atoms with Gasteiger partial charge in [-0.15, -0.1) is 0 Å². The van der Waals surface area contributed by atoms with E-state index >= 15 is 0 Å². The number of amides is 1. The molecule has 0 bridgehead atoms. The number of non-ortho nitro benzene ring substituents is 1. The minimum Gasteiger partial charge on any atom is -0.494 e. The first-order chi connectivity index (χ1) is 22.8. The number of thiazole rings is 1. The highest BCUT2D eigenvalue weighted by Crippen LogP contribution is 2.32. The van der Waals surface area contributed by atoms with Crippen molar-refractivity contribution in [2.75, 3.05) is 11.9 Å². The maximum Gasteiger partial charge on any atom is 0.271 e. The standard InChI is InChI=1S/C36H30N4O6S/c1-3-45-29-18-14-26(15-19-29)33-32(34(41)38-27-9-5-4-6-10-27)23(2)37-36-39(33)35(42)31(47-36)21-25-8-7-11-30(20-25)46-22-24-12-16-28(17-13-24)40(43)44/h4-21,33H,3,22H2,1-2H3,(H,38,41)/b31-21-/t33-/m1/s1. The van der Waals surface area contributed by atoms with E-state index in [1.165, 1.54) is 23.5 Å². The minimum absolute atomic E-state index is 0.0149. The van der Waals surface area contributed by atoms with Crippen LogP contribution in [-0.4, -0.2) is 22.0 Å². The number of allylic oxidation sites excluding steroid dienone is 1. The van der Waals surface area contributed by atoms with Crippen LogP contribution in [0.15, 0.2) is 124 Å². The first-order valence-corrected chi connectivity index (χ1v) is 15.7. The lowest BCUT2D eigenvalue weighted by atomic mass is 9.95. The van der Waals surface area contributed by atoms with E-state index in [0.717, 1.165) is 16.7 Å². The van der Waals surface area contributed by atoms with Crippen LogP contribution in [0.1, 0.15) is 36.6 Å². The SMILES string of the molecule is CCOc1ccc([C@@H]2C(C(=O)Nc3ccccc3)=C(C)N=c3s/c(=C\c4cccc(OCc5ccc([N+](=O)[O-])cc5)c4)c(=O)n32)cc1. The Kier molecular flexibility index (Phi) is 9.07. The van der Waals surface area contributed by atoms with Crippen molar-refractivity contribution in [1.82, 2.24) is 4.57 Å².